The van der Waals surface area contributed by atoms with Gasteiger partial charge in [0.2, 0.25) is 0 Å². The smallest absolute Gasteiger partial charge is 0.180 e. The van der Waals surface area contributed by atoms with Crippen molar-refractivity contribution < 1.29 is 14.2 Å². The Bertz CT molecular complexity index is 467. The van der Waals surface area contributed by atoms with Gasteiger partial charge in [0.15, 0.2) is 11.5 Å². The summed E-state index contributed by atoms with van der Waals surface area (Å²) in [5.41, 5.74) is 1.05. The first-order chi connectivity index (χ1) is 10.6. The zero-order chi connectivity index (χ0) is 16.4. The van der Waals surface area contributed by atoms with Gasteiger partial charge in [-0.05, 0) is 44.5 Å². The summed E-state index contributed by atoms with van der Waals surface area (Å²) in [7, 11) is 1.60. The average Bonchev–Trinajstić information content (AvgIpc) is 2.48. The SMILES string of the molecule is C=CCOc1c(Cl)cc(CNCCCOC(C)C)cc1OC.Cl. The van der Waals surface area contributed by atoms with Crippen LogP contribution in [0.25, 0.3) is 0 Å². The number of rotatable bonds is 11. The monoisotopic (exact) mass is 363 g/mol. The normalized spacial score (nSPS) is 10.3. The molecule has 1 N–H and O–H groups in total. The van der Waals surface area contributed by atoms with E-state index >= 15 is 0 Å². The van der Waals surface area contributed by atoms with Crippen LogP contribution in [0.2, 0.25) is 5.02 Å². The summed E-state index contributed by atoms with van der Waals surface area (Å²) < 4.78 is 16.4. The van der Waals surface area contributed by atoms with E-state index in [1.54, 1.807) is 13.2 Å². The largest absolute Gasteiger partial charge is 0.493 e. The van der Waals surface area contributed by atoms with Gasteiger partial charge in [-0.15, -0.1) is 12.4 Å². The van der Waals surface area contributed by atoms with E-state index in [1.807, 2.05) is 26.0 Å². The Labute approximate surface area is 150 Å². The van der Waals surface area contributed by atoms with Crippen LogP contribution >= 0.6 is 24.0 Å². The predicted octanol–water partition coefficient (Wildman–Crippen LogP) is 4.24. The third-order valence-electron chi connectivity index (χ3n) is 2.91. The van der Waals surface area contributed by atoms with Gasteiger partial charge in [-0.1, -0.05) is 24.3 Å². The molecule has 4 nitrogen and oxygen atoms in total. The standard InChI is InChI=1S/C17H26ClNO3.ClH/c1-5-8-22-17-15(18)10-14(11-16(17)20-4)12-19-7-6-9-21-13(2)3;/h5,10-11,13,19H,1,6-9,12H2,2-4H3;1H. The fourth-order valence-corrected chi connectivity index (χ4v) is 2.19. The molecule has 0 aliphatic carbocycles. The van der Waals surface area contributed by atoms with Crippen LogP contribution in [-0.2, 0) is 11.3 Å². The maximum absolute atomic E-state index is 6.26. The van der Waals surface area contributed by atoms with Crippen LogP contribution in [0.15, 0.2) is 24.8 Å². The van der Waals surface area contributed by atoms with Crippen molar-refractivity contribution in [1.82, 2.24) is 5.32 Å². The number of halogens is 2. The fraction of sp³-hybridized carbons (Fsp3) is 0.529. The predicted molar refractivity (Wildman–Crippen MR) is 98.4 cm³/mol. The van der Waals surface area contributed by atoms with E-state index in [4.69, 9.17) is 25.8 Å². The highest BCUT2D eigenvalue weighted by Gasteiger charge is 2.11. The van der Waals surface area contributed by atoms with Gasteiger partial charge in [-0.2, -0.15) is 0 Å². The number of methoxy groups -OCH3 is 1. The minimum Gasteiger partial charge on any atom is -0.493 e. The maximum atomic E-state index is 6.26. The lowest BCUT2D eigenvalue weighted by atomic mass is 10.2. The molecule has 1 rings (SSSR count). The van der Waals surface area contributed by atoms with Crippen molar-refractivity contribution in [1.29, 1.82) is 0 Å². The summed E-state index contributed by atoms with van der Waals surface area (Å²) in [6.07, 6.45) is 2.93. The van der Waals surface area contributed by atoms with E-state index in [0.29, 0.717) is 23.1 Å². The van der Waals surface area contributed by atoms with Gasteiger partial charge in [0.1, 0.15) is 6.61 Å². The van der Waals surface area contributed by atoms with Crippen LogP contribution in [-0.4, -0.2) is 33.0 Å². The van der Waals surface area contributed by atoms with Gasteiger partial charge >= 0.3 is 0 Å². The first kappa shape index (κ1) is 22.1. The van der Waals surface area contributed by atoms with Crippen molar-refractivity contribution in [3.63, 3.8) is 0 Å². The number of hydrogen-bond donors (Lipinski definition) is 1. The van der Waals surface area contributed by atoms with E-state index in [2.05, 4.69) is 11.9 Å². The van der Waals surface area contributed by atoms with E-state index in [-0.39, 0.29) is 18.5 Å². The molecular formula is C17H27Cl2NO3. The fourth-order valence-electron chi connectivity index (χ4n) is 1.91. The number of nitrogens with one attached hydrogen (secondary N) is 1. The molecule has 0 aliphatic heterocycles. The van der Waals surface area contributed by atoms with Crippen LogP contribution in [0.1, 0.15) is 25.8 Å². The van der Waals surface area contributed by atoms with Gasteiger partial charge in [-0.3, -0.25) is 0 Å². The van der Waals surface area contributed by atoms with Gasteiger partial charge in [-0.25, -0.2) is 0 Å². The molecule has 0 amide bonds. The Morgan fingerprint density at radius 1 is 1.35 bits per heavy atom. The second-order valence-electron chi connectivity index (χ2n) is 5.16. The second-order valence-corrected chi connectivity index (χ2v) is 5.57. The molecule has 0 saturated heterocycles. The lowest BCUT2D eigenvalue weighted by molar-refractivity contribution is 0.0770. The molecule has 132 valence electrons. The minimum absolute atomic E-state index is 0. The van der Waals surface area contributed by atoms with Gasteiger partial charge in [0.25, 0.3) is 0 Å². The van der Waals surface area contributed by atoms with Crippen molar-refractivity contribution >= 4 is 24.0 Å². The molecule has 6 heteroatoms. The lowest BCUT2D eigenvalue weighted by Gasteiger charge is -2.14. The summed E-state index contributed by atoms with van der Waals surface area (Å²) in [4.78, 5) is 0. The molecule has 0 heterocycles. The molecule has 1 aromatic carbocycles. The molecular weight excluding hydrogens is 337 g/mol. The van der Waals surface area contributed by atoms with Crippen molar-refractivity contribution in [2.75, 3.05) is 26.9 Å². The third-order valence-corrected chi connectivity index (χ3v) is 3.19. The van der Waals surface area contributed by atoms with E-state index in [0.717, 1.165) is 31.7 Å². The van der Waals surface area contributed by atoms with Gasteiger partial charge < -0.3 is 19.5 Å². The molecule has 0 saturated carbocycles. The molecule has 1 aromatic rings. The Morgan fingerprint density at radius 2 is 2.09 bits per heavy atom. The highest BCUT2D eigenvalue weighted by atomic mass is 35.5. The Morgan fingerprint density at radius 3 is 2.70 bits per heavy atom. The highest BCUT2D eigenvalue weighted by molar-refractivity contribution is 6.32. The van der Waals surface area contributed by atoms with Crippen LogP contribution in [0, 0.1) is 0 Å². The topological polar surface area (TPSA) is 39.7 Å². The van der Waals surface area contributed by atoms with Gasteiger partial charge in [0, 0.05) is 13.2 Å². The summed E-state index contributed by atoms with van der Waals surface area (Å²) in [6.45, 7) is 10.5. The first-order valence-corrected chi connectivity index (χ1v) is 7.88. The molecule has 0 fully saturated rings. The molecule has 0 bridgehead atoms. The molecule has 0 unspecified atom stereocenters. The number of benzene rings is 1. The van der Waals surface area contributed by atoms with Crippen LogP contribution < -0.4 is 14.8 Å². The van der Waals surface area contributed by atoms with Crippen molar-refractivity contribution in [3.05, 3.63) is 35.4 Å². The molecule has 0 spiro atoms. The Hall–Kier alpha value is -0.940. The molecule has 0 atom stereocenters. The van der Waals surface area contributed by atoms with E-state index in [1.165, 1.54) is 0 Å². The van der Waals surface area contributed by atoms with Crippen LogP contribution in [0.3, 0.4) is 0 Å². The van der Waals surface area contributed by atoms with Crippen molar-refractivity contribution in [2.24, 2.45) is 0 Å². The Balaban J connectivity index is 0.00000484. The maximum Gasteiger partial charge on any atom is 0.180 e. The summed E-state index contributed by atoms with van der Waals surface area (Å²) in [5, 5.41) is 3.91. The summed E-state index contributed by atoms with van der Waals surface area (Å²) >= 11 is 6.26. The van der Waals surface area contributed by atoms with Crippen molar-refractivity contribution in [3.8, 4) is 11.5 Å². The van der Waals surface area contributed by atoms with Crippen LogP contribution in [0.4, 0.5) is 0 Å². The van der Waals surface area contributed by atoms with E-state index < -0.39 is 0 Å². The van der Waals surface area contributed by atoms with Crippen LogP contribution in [0.5, 0.6) is 11.5 Å². The van der Waals surface area contributed by atoms with E-state index in [9.17, 15) is 0 Å². The summed E-state index contributed by atoms with van der Waals surface area (Å²) in [6, 6.07) is 3.82. The van der Waals surface area contributed by atoms with Gasteiger partial charge in [0.05, 0.1) is 18.2 Å². The first-order valence-electron chi connectivity index (χ1n) is 7.51. The average molecular weight is 364 g/mol. The Kier molecular flexibility index (Phi) is 12.0. The zero-order valence-corrected chi connectivity index (χ0v) is 15.6. The molecule has 0 aliphatic rings. The molecule has 23 heavy (non-hydrogen) atoms. The molecule has 0 radical (unpaired) electrons. The molecule has 0 aromatic heterocycles. The number of ether oxygens (including phenoxy) is 3. The summed E-state index contributed by atoms with van der Waals surface area (Å²) in [5.74, 6) is 1.19. The zero-order valence-electron chi connectivity index (χ0n) is 14.1. The highest BCUT2D eigenvalue weighted by Crippen LogP contribution is 2.36. The second kappa shape index (κ2) is 12.5. The lowest BCUT2D eigenvalue weighted by Crippen LogP contribution is -2.17. The van der Waals surface area contributed by atoms with Crippen molar-refractivity contribution in [2.45, 2.75) is 32.9 Å². The third kappa shape index (κ3) is 8.47. The quantitative estimate of drug-likeness (QED) is 0.471. The minimum atomic E-state index is 0. The number of hydrogen-bond acceptors (Lipinski definition) is 4.